The third-order valence-corrected chi connectivity index (χ3v) is 3.84. The minimum absolute atomic E-state index is 0.188. The Balaban J connectivity index is 1.91. The van der Waals surface area contributed by atoms with Crippen LogP contribution in [-0.4, -0.2) is 42.9 Å². The number of hydrogen-bond donors (Lipinski definition) is 2. The number of rotatable bonds is 5. The van der Waals surface area contributed by atoms with Crippen LogP contribution in [0.2, 0.25) is 0 Å². The fourth-order valence-corrected chi connectivity index (χ4v) is 2.65. The van der Waals surface area contributed by atoms with E-state index in [1.807, 2.05) is 0 Å². The van der Waals surface area contributed by atoms with E-state index in [1.54, 1.807) is 0 Å². The molecule has 1 heterocycles. The molecule has 1 aliphatic heterocycles. The Labute approximate surface area is 115 Å². The summed E-state index contributed by atoms with van der Waals surface area (Å²) in [4.78, 5) is 18.1. The van der Waals surface area contributed by atoms with Crippen molar-refractivity contribution in [2.45, 2.75) is 39.0 Å². The number of amides is 1. The molecule has 108 valence electrons. The van der Waals surface area contributed by atoms with Gasteiger partial charge in [-0.3, -0.25) is 9.79 Å². The maximum Gasteiger partial charge on any atom is 0.217 e. The summed E-state index contributed by atoms with van der Waals surface area (Å²) in [5.74, 6) is 2.02. The molecule has 19 heavy (non-hydrogen) atoms. The van der Waals surface area contributed by atoms with Gasteiger partial charge in [0, 0.05) is 32.6 Å². The van der Waals surface area contributed by atoms with Crippen LogP contribution < -0.4 is 11.1 Å². The summed E-state index contributed by atoms with van der Waals surface area (Å²) >= 11 is 0. The number of aliphatic imine (C=N–C) groups is 1. The molecule has 2 rings (SSSR count). The van der Waals surface area contributed by atoms with Crippen molar-refractivity contribution in [3.63, 3.8) is 0 Å². The van der Waals surface area contributed by atoms with E-state index in [1.165, 1.54) is 12.8 Å². The summed E-state index contributed by atoms with van der Waals surface area (Å²) in [5, 5.41) is 3.37. The van der Waals surface area contributed by atoms with Crippen LogP contribution in [0.15, 0.2) is 4.99 Å². The van der Waals surface area contributed by atoms with E-state index in [0.29, 0.717) is 12.3 Å². The fraction of sp³-hybridized carbons (Fsp3) is 0.857. The molecule has 1 atom stereocenters. The highest BCUT2D eigenvalue weighted by Crippen LogP contribution is 2.29. The number of piperidine rings is 1. The molecule has 0 bridgehead atoms. The van der Waals surface area contributed by atoms with Crippen molar-refractivity contribution in [1.29, 1.82) is 0 Å². The van der Waals surface area contributed by atoms with Crippen LogP contribution in [-0.2, 0) is 4.79 Å². The number of likely N-dealkylation sites (tertiary alicyclic amines) is 1. The van der Waals surface area contributed by atoms with Gasteiger partial charge in [-0.05, 0) is 44.4 Å². The summed E-state index contributed by atoms with van der Waals surface area (Å²) in [7, 11) is 0. The van der Waals surface area contributed by atoms with Gasteiger partial charge in [0.2, 0.25) is 5.91 Å². The predicted octanol–water partition coefficient (Wildman–Crippen LogP) is 0.949. The third-order valence-electron chi connectivity index (χ3n) is 3.84. The van der Waals surface area contributed by atoms with Crippen molar-refractivity contribution in [3.8, 4) is 0 Å². The quantitative estimate of drug-likeness (QED) is 0.575. The average Bonchev–Trinajstić information content (AvgIpc) is 3.18. The first-order valence-corrected chi connectivity index (χ1v) is 7.50. The Bertz CT molecular complexity index is 338. The van der Waals surface area contributed by atoms with Gasteiger partial charge in [-0.1, -0.05) is 0 Å². The van der Waals surface area contributed by atoms with Crippen LogP contribution in [0.3, 0.4) is 0 Å². The van der Waals surface area contributed by atoms with E-state index in [2.05, 4.69) is 17.1 Å². The molecule has 5 heteroatoms. The first-order chi connectivity index (χ1) is 9.19. The van der Waals surface area contributed by atoms with E-state index in [4.69, 9.17) is 10.7 Å². The molecular formula is C14H26N4O. The molecule has 1 aliphatic carbocycles. The highest BCUT2D eigenvalue weighted by atomic mass is 16.1. The van der Waals surface area contributed by atoms with Crippen molar-refractivity contribution >= 4 is 11.9 Å². The number of carbonyl (C=O) groups is 1. The number of primary amides is 1. The van der Waals surface area contributed by atoms with Gasteiger partial charge in [0.05, 0.1) is 0 Å². The van der Waals surface area contributed by atoms with Crippen LogP contribution in [0.5, 0.6) is 0 Å². The second-order valence-electron chi connectivity index (χ2n) is 5.76. The van der Waals surface area contributed by atoms with E-state index >= 15 is 0 Å². The zero-order valence-corrected chi connectivity index (χ0v) is 11.9. The molecule has 0 spiro atoms. The summed E-state index contributed by atoms with van der Waals surface area (Å²) in [6, 6.07) is 0. The van der Waals surface area contributed by atoms with Crippen molar-refractivity contribution in [2.24, 2.45) is 22.6 Å². The third kappa shape index (κ3) is 4.73. The van der Waals surface area contributed by atoms with Crippen LogP contribution in [0.25, 0.3) is 0 Å². The maximum absolute atomic E-state index is 11.1. The normalized spacial score (nSPS) is 24.4. The Morgan fingerprint density at radius 2 is 2.16 bits per heavy atom. The average molecular weight is 266 g/mol. The topological polar surface area (TPSA) is 70.7 Å². The maximum atomic E-state index is 11.1. The van der Waals surface area contributed by atoms with Gasteiger partial charge in [-0.15, -0.1) is 0 Å². The zero-order valence-electron chi connectivity index (χ0n) is 11.9. The molecule has 1 unspecified atom stereocenters. The zero-order chi connectivity index (χ0) is 13.7. The summed E-state index contributed by atoms with van der Waals surface area (Å²) in [6.45, 7) is 5.86. The molecular weight excluding hydrogens is 240 g/mol. The molecule has 2 fully saturated rings. The highest BCUT2D eigenvalue weighted by Gasteiger charge is 2.25. The second-order valence-corrected chi connectivity index (χ2v) is 5.76. The van der Waals surface area contributed by atoms with Crippen LogP contribution in [0.1, 0.15) is 39.0 Å². The van der Waals surface area contributed by atoms with Crippen LogP contribution in [0.4, 0.5) is 0 Å². The lowest BCUT2D eigenvalue weighted by Gasteiger charge is -2.34. The molecule has 0 radical (unpaired) electrons. The number of nitrogens with one attached hydrogen (secondary N) is 1. The smallest absolute Gasteiger partial charge is 0.217 e. The van der Waals surface area contributed by atoms with Gasteiger partial charge in [0.1, 0.15) is 0 Å². The first-order valence-electron chi connectivity index (χ1n) is 7.50. The number of nitrogens with zero attached hydrogens (tertiary/aromatic N) is 2. The van der Waals surface area contributed by atoms with Crippen molar-refractivity contribution in [2.75, 3.05) is 26.2 Å². The molecule has 0 aromatic carbocycles. The monoisotopic (exact) mass is 266 g/mol. The second kappa shape index (κ2) is 6.78. The minimum atomic E-state index is -0.188. The summed E-state index contributed by atoms with van der Waals surface area (Å²) < 4.78 is 0. The summed E-state index contributed by atoms with van der Waals surface area (Å²) in [6.07, 6.45) is 5.37. The Morgan fingerprint density at radius 1 is 1.37 bits per heavy atom. The molecule has 1 amide bonds. The SMILES string of the molecule is CCNC(=NCC1CC1)N1CCCC(CC(N)=O)C1. The number of carbonyl (C=O) groups excluding carboxylic acids is 1. The van der Waals surface area contributed by atoms with Crippen LogP contribution in [0, 0.1) is 11.8 Å². The van der Waals surface area contributed by atoms with Gasteiger partial charge in [-0.2, -0.15) is 0 Å². The molecule has 0 aromatic rings. The predicted molar refractivity (Wildman–Crippen MR) is 76.8 cm³/mol. The molecule has 5 nitrogen and oxygen atoms in total. The number of nitrogens with two attached hydrogens (primary N) is 1. The van der Waals surface area contributed by atoms with E-state index < -0.39 is 0 Å². The van der Waals surface area contributed by atoms with Crippen molar-refractivity contribution < 1.29 is 4.79 Å². The minimum Gasteiger partial charge on any atom is -0.370 e. The molecule has 0 aromatic heterocycles. The van der Waals surface area contributed by atoms with Gasteiger partial charge in [-0.25, -0.2) is 0 Å². The molecule has 2 aliphatic rings. The van der Waals surface area contributed by atoms with Gasteiger partial charge in [0.25, 0.3) is 0 Å². The van der Waals surface area contributed by atoms with E-state index in [0.717, 1.165) is 50.9 Å². The summed E-state index contributed by atoms with van der Waals surface area (Å²) in [5.41, 5.74) is 5.31. The van der Waals surface area contributed by atoms with Gasteiger partial charge >= 0.3 is 0 Å². The molecule has 1 saturated heterocycles. The number of guanidine groups is 1. The lowest BCUT2D eigenvalue weighted by atomic mass is 9.95. The molecule has 3 N–H and O–H groups in total. The van der Waals surface area contributed by atoms with Crippen molar-refractivity contribution in [3.05, 3.63) is 0 Å². The standard InChI is InChI=1S/C14H26N4O/c1-2-16-14(17-9-11-5-6-11)18-7-3-4-12(10-18)8-13(15)19/h11-12H,2-10H2,1H3,(H2,15,19)(H,16,17). The lowest BCUT2D eigenvalue weighted by molar-refractivity contribution is -0.119. The van der Waals surface area contributed by atoms with Gasteiger partial charge < -0.3 is 16.0 Å². The largest absolute Gasteiger partial charge is 0.370 e. The van der Waals surface area contributed by atoms with Gasteiger partial charge in [0.15, 0.2) is 5.96 Å². The van der Waals surface area contributed by atoms with E-state index in [9.17, 15) is 4.79 Å². The Kier molecular flexibility index (Phi) is 5.05. The number of hydrogen-bond acceptors (Lipinski definition) is 2. The highest BCUT2D eigenvalue weighted by molar-refractivity contribution is 5.80. The van der Waals surface area contributed by atoms with E-state index in [-0.39, 0.29) is 5.91 Å². The first kappa shape index (κ1) is 14.2. The van der Waals surface area contributed by atoms with Crippen molar-refractivity contribution in [1.82, 2.24) is 10.2 Å². The Morgan fingerprint density at radius 3 is 2.79 bits per heavy atom. The Hall–Kier alpha value is -1.26. The fourth-order valence-electron chi connectivity index (χ4n) is 2.65. The lowest BCUT2D eigenvalue weighted by Crippen LogP contribution is -2.47. The van der Waals surface area contributed by atoms with Crippen LogP contribution >= 0.6 is 0 Å². The molecule has 1 saturated carbocycles.